The van der Waals surface area contributed by atoms with Gasteiger partial charge in [-0.05, 0) is 37.7 Å². The first-order valence-electron chi connectivity index (χ1n) is 7.45. The summed E-state index contributed by atoms with van der Waals surface area (Å²) in [5.74, 6) is 1.53. The Bertz CT molecular complexity index is 558. The van der Waals surface area contributed by atoms with Crippen LogP contribution in [0.4, 0.5) is 13.2 Å². The molecule has 128 valence electrons. The van der Waals surface area contributed by atoms with Crippen LogP contribution in [0.1, 0.15) is 41.0 Å². The van der Waals surface area contributed by atoms with E-state index in [9.17, 15) is 18.0 Å². The third kappa shape index (κ3) is 5.16. The average molecular weight is 328 g/mol. The first-order chi connectivity index (χ1) is 10.4. The van der Waals surface area contributed by atoms with E-state index in [4.69, 9.17) is 11.2 Å². The number of hydrogen-bond donors (Lipinski definition) is 0. The van der Waals surface area contributed by atoms with E-state index in [0.717, 1.165) is 11.6 Å². The zero-order valence-corrected chi connectivity index (χ0v) is 14.1. The highest BCUT2D eigenvalue weighted by molar-refractivity contribution is 5.79. The summed E-state index contributed by atoms with van der Waals surface area (Å²) in [4.78, 5) is 12.3. The fourth-order valence-electron chi connectivity index (χ4n) is 2.63. The minimum atomic E-state index is -4.31. The Hall–Kier alpha value is -1.70. The summed E-state index contributed by atoms with van der Waals surface area (Å²) in [5.41, 5.74) is 1.10. The van der Waals surface area contributed by atoms with Crippen LogP contribution in [-0.4, -0.2) is 18.2 Å². The second-order valence-corrected chi connectivity index (χ2v) is 6.82. The summed E-state index contributed by atoms with van der Waals surface area (Å²) >= 11 is 0. The molecule has 0 radical (unpaired) electrons. The van der Waals surface area contributed by atoms with Crippen molar-refractivity contribution in [3.8, 4) is 12.3 Å². The Balaban J connectivity index is 2.76. The van der Waals surface area contributed by atoms with Crippen LogP contribution in [0.2, 0.25) is 0 Å². The van der Waals surface area contributed by atoms with Crippen LogP contribution in [0, 0.1) is 29.6 Å². The van der Waals surface area contributed by atoms with Crippen molar-refractivity contribution in [1.29, 1.82) is 0 Å². The minimum absolute atomic E-state index is 0.0675. The number of carbonyl (C=O) groups excluding carboxylic acids is 1. The average Bonchev–Trinajstić information content (AvgIpc) is 2.92. The van der Waals surface area contributed by atoms with Crippen molar-refractivity contribution in [3.63, 3.8) is 0 Å². The Morgan fingerprint density at radius 2 is 1.91 bits per heavy atom. The molecule has 0 spiro atoms. The van der Waals surface area contributed by atoms with E-state index in [1.54, 1.807) is 0 Å². The molecule has 0 bridgehead atoms. The van der Waals surface area contributed by atoms with E-state index in [1.807, 2.05) is 33.8 Å². The predicted octanol–water partition coefficient (Wildman–Crippen LogP) is 4.67. The molecule has 0 aromatic carbocycles. The molecule has 23 heavy (non-hydrogen) atoms. The molecule has 0 aliphatic heterocycles. The van der Waals surface area contributed by atoms with Crippen molar-refractivity contribution >= 4 is 5.97 Å². The number of alkyl halides is 3. The molecule has 1 rings (SSSR count). The molecule has 0 aromatic rings. The number of halogens is 3. The highest BCUT2D eigenvalue weighted by Crippen LogP contribution is 2.60. The molecule has 0 saturated heterocycles. The van der Waals surface area contributed by atoms with Gasteiger partial charge in [-0.2, -0.15) is 13.2 Å². The number of terminal acetylenes is 1. The van der Waals surface area contributed by atoms with Gasteiger partial charge in [-0.1, -0.05) is 37.5 Å². The molecule has 3 unspecified atom stereocenters. The Kier molecular flexibility index (Phi) is 5.74. The number of carbonyl (C=O) groups is 1. The zero-order chi connectivity index (χ0) is 18.0. The summed E-state index contributed by atoms with van der Waals surface area (Å²) in [7, 11) is 0. The zero-order valence-electron chi connectivity index (χ0n) is 14.1. The van der Waals surface area contributed by atoms with Crippen molar-refractivity contribution in [2.75, 3.05) is 0 Å². The van der Waals surface area contributed by atoms with Crippen molar-refractivity contribution in [3.05, 3.63) is 23.3 Å². The number of allylic oxidation sites excluding steroid dienone is 3. The topological polar surface area (TPSA) is 26.3 Å². The fraction of sp³-hybridized carbons (Fsp3) is 0.611. The van der Waals surface area contributed by atoms with Gasteiger partial charge in [0.15, 0.2) is 6.10 Å². The van der Waals surface area contributed by atoms with Crippen molar-refractivity contribution in [1.82, 2.24) is 0 Å². The monoisotopic (exact) mass is 328 g/mol. The minimum Gasteiger partial charge on any atom is -0.444 e. The Labute approximate surface area is 135 Å². The van der Waals surface area contributed by atoms with Crippen LogP contribution in [-0.2, 0) is 9.53 Å². The summed E-state index contributed by atoms with van der Waals surface area (Å²) in [6.07, 6.45) is 1.82. The molecule has 5 heteroatoms. The van der Waals surface area contributed by atoms with Crippen LogP contribution in [0.3, 0.4) is 0 Å². The van der Waals surface area contributed by atoms with Crippen molar-refractivity contribution < 1.29 is 22.7 Å². The van der Waals surface area contributed by atoms with Gasteiger partial charge < -0.3 is 4.74 Å². The van der Waals surface area contributed by atoms with Crippen LogP contribution >= 0.6 is 0 Å². The number of esters is 1. The highest BCUT2D eigenvalue weighted by Gasteiger charge is 2.61. The molecule has 1 aliphatic carbocycles. The van der Waals surface area contributed by atoms with Crippen LogP contribution < -0.4 is 0 Å². The van der Waals surface area contributed by atoms with E-state index in [2.05, 4.69) is 5.92 Å². The van der Waals surface area contributed by atoms with Gasteiger partial charge in [0, 0.05) is 0 Å². The molecule has 3 atom stereocenters. The predicted molar refractivity (Wildman–Crippen MR) is 83.3 cm³/mol. The quantitative estimate of drug-likeness (QED) is 0.416. The largest absolute Gasteiger partial charge is 0.444 e. The highest BCUT2D eigenvalue weighted by atomic mass is 19.4. The van der Waals surface area contributed by atoms with Crippen LogP contribution in [0.5, 0.6) is 0 Å². The van der Waals surface area contributed by atoms with Crippen molar-refractivity contribution in [2.45, 2.75) is 53.3 Å². The van der Waals surface area contributed by atoms with Crippen molar-refractivity contribution in [2.24, 2.45) is 17.3 Å². The van der Waals surface area contributed by atoms with Gasteiger partial charge in [0.2, 0.25) is 0 Å². The Morgan fingerprint density at radius 1 is 1.35 bits per heavy atom. The smallest absolute Gasteiger partial charge is 0.392 e. The summed E-state index contributed by atoms with van der Waals surface area (Å²) < 4.78 is 42.0. The maximum Gasteiger partial charge on any atom is 0.392 e. The van der Waals surface area contributed by atoms with Gasteiger partial charge in [-0.15, -0.1) is 6.42 Å². The Morgan fingerprint density at radius 3 is 2.35 bits per heavy atom. The molecular weight excluding hydrogens is 305 g/mol. The number of hydrogen-bond acceptors (Lipinski definition) is 2. The normalized spacial score (nSPS) is 24.4. The lowest BCUT2D eigenvalue weighted by atomic mass is 10.1. The molecule has 1 fully saturated rings. The third-order valence-corrected chi connectivity index (χ3v) is 4.13. The van der Waals surface area contributed by atoms with Crippen LogP contribution in [0.25, 0.3) is 0 Å². The second-order valence-electron chi connectivity index (χ2n) is 6.82. The van der Waals surface area contributed by atoms with E-state index in [-0.39, 0.29) is 22.8 Å². The van der Waals surface area contributed by atoms with E-state index < -0.39 is 24.7 Å². The number of rotatable bonds is 5. The van der Waals surface area contributed by atoms with Crippen LogP contribution in [0.15, 0.2) is 23.3 Å². The lowest BCUT2D eigenvalue weighted by molar-refractivity contribution is -0.147. The number of ether oxygens (including phenoxy) is 1. The molecule has 0 N–H and O–H groups in total. The molecule has 0 aromatic heterocycles. The first-order valence-corrected chi connectivity index (χ1v) is 7.45. The van der Waals surface area contributed by atoms with E-state index in [1.165, 1.54) is 6.92 Å². The van der Waals surface area contributed by atoms with Gasteiger partial charge in [0.25, 0.3) is 0 Å². The molecule has 1 saturated carbocycles. The van der Waals surface area contributed by atoms with Gasteiger partial charge in [-0.3, -0.25) is 4.79 Å². The van der Waals surface area contributed by atoms with E-state index in [0.29, 0.717) is 0 Å². The molecule has 2 nitrogen and oxygen atoms in total. The third-order valence-electron chi connectivity index (χ3n) is 4.13. The lowest BCUT2D eigenvalue weighted by Gasteiger charge is -2.14. The van der Waals surface area contributed by atoms with Gasteiger partial charge in [-0.25, -0.2) is 0 Å². The SMILES string of the molecule is C#CC(OC(=O)C1C(C=C(C)C)C1(C)C)/C(C)=C/CC(F)(F)F. The second kappa shape index (κ2) is 6.82. The molecular formula is C18H23F3O2. The lowest BCUT2D eigenvalue weighted by Crippen LogP contribution is -2.21. The molecule has 0 heterocycles. The fourth-order valence-corrected chi connectivity index (χ4v) is 2.63. The molecule has 1 aliphatic rings. The van der Waals surface area contributed by atoms with Gasteiger partial charge >= 0.3 is 12.1 Å². The standard InChI is InChI=1S/C18H23F3O2/c1-7-14(12(4)8-9-18(19,20)21)23-16(22)15-13(10-11(2)3)17(15,5)6/h1,8,10,13-15H,9H2,2-6H3/b12-8+. The summed E-state index contributed by atoms with van der Waals surface area (Å²) in [5, 5.41) is 0. The maximum absolute atomic E-state index is 12.3. The van der Waals surface area contributed by atoms with Gasteiger partial charge in [0.1, 0.15) is 0 Å². The molecule has 0 amide bonds. The first kappa shape index (κ1) is 19.3. The maximum atomic E-state index is 12.3. The summed E-state index contributed by atoms with van der Waals surface area (Å²) in [6, 6.07) is 0. The van der Waals surface area contributed by atoms with Gasteiger partial charge in [0.05, 0.1) is 12.3 Å². The summed E-state index contributed by atoms with van der Waals surface area (Å²) in [6.45, 7) is 9.26. The van der Waals surface area contributed by atoms with E-state index >= 15 is 0 Å².